The lowest BCUT2D eigenvalue weighted by atomic mass is 10.0. The first-order chi connectivity index (χ1) is 14.8. The fourth-order valence-corrected chi connectivity index (χ4v) is 3.35. The van der Waals surface area contributed by atoms with Gasteiger partial charge in [0.25, 0.3) is 11.8 Å². The molecule has 1 N–H and O–H groups in total. The van der Waals surface area contributed by atoms with Gasteiger partial charge in [0.1, 0.15) is 12.2 Å². The van der Waals surface area contributed by atoms with Crippen LogP contribution in [0.15, 0.2) is 35.9 Å². The topological polar surface area (TPSA) is 84.9 Å². The Morgan fingerprint density at radius 3 is 2.61 bits per heavy atom. The number of hydrogen-bond acceptors (Lipinski definition) is 5. The maximum absolute atomic E-state index is 13.1. The van der Waals surface area contributed by atoms with Crippen LogP contribution in [0.5, 0.6) is 11.5 Å². The molecular formula is C23H19ClN2O5. The zero-order valence-corrected chi connectivity index (χ0v) is 17.9. The van der Waals surface area contributed by atoms with Gasteiger partial charge in [0.05, 0.1) is 17.8 Å². The molecule has 1 heterocycles. The third-order valence-corrected chi connectivity index (χ3v) is 4.85. The molecule has 0 radical (unpaired) electrons. The number of nitrogens with one attached hydrogen (secondary N) is 1. The normalized spacial score (nSPS) is 15.0. The Balaban J connectivity index is 2.05. The number of terminal acetylenes is 1. The van der Waals surface area contributed by atoms with E-state index in [4.69, 9.17) is 27.5 Å². The minimum atomic E-state index is -0.811. The third kappa shape index (κ3) is 4.39. The number of aryl methyl sites for hydroxylation is 2. The van der Waals surface area contributed by atoms with Crippen molar-refractivity contribution < 1.29 is 23.9 Å². The van der Waals surface area contributed by atoms with Crippen molar-refractivity contribution >= 4 is 41.2 Å². The predicted molar refractivity (Wildman–Crippen MR) is 117 cm³/mol. The average Bonchev–Trinajstić information content (AvgIpc) is 2.72. The molecule has 0 unspecified atom stereocenters. The zero-order chi connectivity index (χ0) is 22.7. The van der Waals surface area contributed by atoms with Gasteiger partial charge in [0.2, 0.25) is 0 Å². The fraction of sp³-hybridized carbons (Fsp3) is 0.174. The lowest BCUT2D eigenvalue weighted by molar-refractivity contribution is -0.122. The molecule has 0 bridgehead atoms. The lowest BCUT2D eigenvalue weighted by Crippen LogP contribution is -2.54. The van der Waals surface area contributed by atoms with Crippen LogP contribution in [0.4, 0.5) is 10.5 Å². The van der Waals surface area contributed by atoms with E-state index in [1.807, 2.05) is 13.0 Å². The first-order valence-electron chi connectivity index (χ1n) is 9.19. The maximum Gasteiger partial charge on any atom is 0.335 e. The van der Waals surface area contributed by atoms with E-state index in [1.54, 1.807) is 25.1 Å². The molecule has 31 heavy (non-hydrogen) atoms. The number of amides is 4. The summed E-state index contributed by atoms with van der Waals surface area (Å²) in [5.41, 5.74) is 2.15. The number of benzene rings is 2. The number of barbiturate groups is 1. The summed E-state index contributed by atoms with van der Waals surface area (Å²) in [7, 11) is 1.42. The van der Waals surface area contributed by atoms with E-state index in [0.717, 1.165) is 10.5 Å². The summed E-state index contributed by atoms with van der Waals surface area (Å²) in [6, 6.07) is 7.61. The lowest BCUT2D eigenvalue weighted by Gasteiger charge is -2.27. The summed E-state index contributed by atoms with van der Waals surface area (Å²) in [6.45, 7) is 3.61. The van der Waals surface area contributed by atoms with E-state index >= 15 is 0 Å². The molecule has 0 atom stereocenters. The molecule has 1 saturated heterocycles. The van der Waals surface area contributed by atoms with Gasteiger partial charge in [0.15, 0.2) is 11.5 Å². The highest BCUT2D eigenvalue weighted by Crippen LogP contribution is 2.37. The Hall–Kier alpha value is -3.76. The van der Waals surface area contributed by atoms with Crippen LogP contribution in [-0.4, -0.2) is 31.6 Å². The number of ether oxygens (including phenoxy) is 2. The molecule has 158 valence electrons. The van der Waals surface area contributed by atoms with Crippen LogP contribution >= 0.6 is 11.6 Å². The van der Waals surface area contributed by atoms with E-state index in [-0.39, 0.29) is 28.7 Å². The highest BCUT2D eigenvalue weighted by Gasteiger charge is 2.37. The predicted octanol–water partition coefficient (Wildman–Crippen LogP) is 3.64. The van der Waals surface area contributed by atoms with Crippen molar-refractivity contribution in [3.05, 3.63) is 57.6 Å². The number of methoxy groups -OCH3 is 1. The molecule has 0 saturated carbocycles. The summed E-state index contributed by atoms with van der Waals surface area (Å²) >= 11 is 6.27. The van der Waals surface area contributed by atoms with Crippen LogP contribution in [0.3, 0.4) is 0 Å². The number of carbonyl (C=O) groups excluding carboxylic acids is 3. The van der Waals surface area contributed by atoms with Gasteiger partial charge >= 0.3 is 6.03 Å². The summed E-state index contributed by atoms with van der Waals surface area (Å²) in [5, 5.41) is 2.39. The van der Waals surface area contributed by atoms with Crippen LogP contribution in [0.1, 0.15) is 16.7 Å². The standard InChI is InChI=1S/C23H19ClN2O5/c1-5-8-31-20-17(24)11-15(12-19(20)30-4)10-16-21(27)25-23(29)26(22(16)28)18-9-13(2)6-7-14(18)3/h1,6-7,9-12H,8H2,2-4H3,(H,25,27,29)/b16-10+. The number of carbonyl (C=O) groups is 3. The smallest absolute Gasteiger partial charge is 0.335 e. The van der Waals surface area contributed by atoms with Crippen LogP contribution < -0.4 is 19.7 Å². The molecule has 0 aliphatic carbocycles. The van der Waals surface area contributed by atoms with E-state index in [0.29, 0.717) is 16.8 Å². The molecule has 1 aliphatic rings. The highest BCUT2D eigenvalue weighted by molar-refractivity contribution is 6.39. The number of halogens is 1. The molecule has 8 heteroatoms. The molecule has 7 nitrogen and oxygen atoms in total. The van der Waals surface area contributed by atoms with Crippen molar-refractivity contribution in [1.29, 1.82) is 0 Å². The van der Waals surface area contributed by atoms with Crippen molar-refractivity contribution in [2.75, 3.05) is 18.6 Å². The number of hydrogen-bond donors (Lipinski definition) is 1. The van der Waals surface area contributed by atoms with Crippen molar-refractivity contribution in [3.8, 4) is 23.8 Å². The summed E-state index contributed by atoms with van der Waals surface area (Å²) < 4.78 is 10.7. The first kappa shape index (κ1) is 21.9. The van der Waals surface area contributed by atoms with E-state index in [9.17, 15) is 14.4 Å². The molecule has 1 fully saturated rings. The Labute approximate surface area is 184 Å². The monoisotopic (exact) mass is 438 g/mol. The Morgan fingerprint density at radius 1 is 1.19 bits per heavy atom. The Bertz CT molecular complexity index is 1160. The fourth-order valence-electron chi connectivity index (χ4n) is 3.08. The molecule has 4 amide bonds. The molecule has 3 rings (SSSR count). The van der Waals surface area contributed by atoms with Crippen molar-refractivity contribution in [3.63, 3.8) is 0 Å². The van der Waals surface area contributed by atoms with Crippen LogP contribution in [0, 0.1) is 26.2 Å². The molecule has 2 aromatic carbocycles. The van der Waals surface area contributed by atoms with Gasteiger partial charge in [-0.25, -0.2) is 9.69 Å². The zero-order valence-electron chi connectivity index (χ0n) is 17.1. The first-order valence-corrected chi connectivity index (χ1v) is 9.57. The second-order valence-corrected chi connectivity index (χ2v) is 7.18. The minimum Gasteiger partial charge on any atom is -0.493 e. The molecule has 1 aliphatic heterocycles. The number of nitrogens with zero attached hydrogens (tertiary/aromatic N) is 1. The summed E-state index contributed by atoms with van der Waals surface area (Å²) in [5.74, 6) is 1.31. The van der Waals surface area contributed by atoms with E-state index in [1.165, 1.54) is 19.3 Å². The number of urea groups is 1. The second kappa shape index (κ2) is 8.94. The van der Waals surface area contributed by atoms with E-state index in [2.05, 4.69) is 11.2 Å². The van der Waals surface area contributed by atoms with Crippen LogP contribution in [0.25, 0.3) is 6.08 Å². The molecule has 0 spiro atoms. The van der Waals surface area contributed by atoms with Gasteiger partial charge in [-0.2, -0.15) is 0 Å². The molecule has 0 aromatic heterocycles. The number of anilines is 1. The largest absolute Gasteiger partial charge is 0.493 e. The van der Waals surface area contributed by atoms with Gasteiger partial charge in [-0.05, 0) is 54.8 Å². The Morgan fingerprint density at radius 2 is 1.94 bits per heavy atom. The van der Waals surface area contributed by atoms with Crippen molar-refractivity contribution in [2.24, 2.45) is 0 Å². The second-order valence-electron chi connectivity index (χ2n) is 6.77. The molecular weight excluding hydrogens is 420 g/mol. The number of imide groups is 2. The van der Waals surface area contributed by atoms with Crippen LogP contribution in [0.2, 0.25) is 5.02 Å². The quantitative estimate of drug-likeness (QED) is 0.437. The molecule has 2 aromatic rings. The van der Waals surface area contributed by atoms with Crippen molar-refractivity contribution in [2.45, 2.75) is 13.8 Å². The third-order valence-electron chi connectivity index (χ3n) is 4.57. The summed E-state index contributed by atoms with van der Waals surface area (Å²) in [4.78, 5) is 39.0. The van der Waals surface area contributed by atoms with Crippen molar-refractivity contribution in [1.82, 2.24) is 5.32 Å². The van der Waals surface area contributed by atoms with Gasteiger partial charge < -0.3 is 9.47 Å². The van der Waals surface area contributed by atoms with Gasteiger partial charge in [-0.3, -0.25) is 14.9 Å². The van der Waals surface area contributed by atoms with Gasteiger partial charge in [0, 0.05) is 0 Å². The van der Waals surface area contributed by atoms with Gasteiger partial charge in [-0.1, -0.05) is 29.7 Å². The average molecular weight is 439 g/mol. The highest BCUT2D eigenvalue weighted by atomic mass is 35.5. The van der Waals surface area contributed by atoms with Gasteiger partial charge in [-0.15, -0.1) is 6.42 Å². The summed E-state index contributed by atoms with van der Waals surface area (Å²) in [6.07, 6.45) is 6.55. The van der Waals surface area contributed by atoms with E-state index < -0.39 is 17.8 Å². The SMILES string of the molecule is C#CCOc1c(Cl)cc(/C=C2\C(=O)NC(=O)N(c3cc(C)ccc3C)C2=O)cc1OC. The van der Waals surface area contributed by atoms with Crippen LogP contribution in [-0.2, 0) is 9.59 Å². The number of rotatable bonds is 5. The minimum absolute atomic E-state index is 0.00960. The maximum atomic E-state index is 13.1. The Kier molecular flexibility index (Phi) is 6.33.